The van der Waals surface area contributed by atoms with Gasteiger partial charge in [-0.3, -0.25) is 4.98 Å². The molecule has 0 aliphatic heterocycles. The lowest BCUT2D eigenvalue weighted by atomic mass is 10.1. The number of pyridine rings is 1. The molecule has 2 aromatic rings. The second-order valence-electron chi connectivity index (χ2n) is 3.59. The van der Waals surface area contributed by atoms with Crippen LogP contribution in [0.1, 0.15) is 17.4 Å². The molecule has 94 valence electrons. The molecule has 2 nitrogen and oxygen atoms in total. The molecule has 0 aliphatic carbocycles. The molecule has 2 rings (SSSR count). The maximum atomic E-state index is 13.5. The topological polar surface area (TPSA) is 33.1 Å². The van der Waals surface area contributed by atoms with Crippen molar-refractivity contribution in [3.05, 3.63) is 63.4 Å². The first-order valence-corrected chi connectivity index (χ1v) is 5.68. The minimum absolute atomic E-state index is 0.0190. The Balaban J connectivity index is 2.47. The number of aromatic nitrogens is 1. The summed E-state index contributed by atoms with van der Waals surface area (Å²) in [5, 5.41) is 10.3. The van der Waals surface area contributed by atoms with Crippen LogP contribution in [0.15, 0.2) is 30.5 Å². The van der Waals surface area contributed by atoms with Crippen molar-refractivity contribution in [2.24, 2.45) is 0 Å². The lowest BCUT2D eigenvalue weighted by molar-refractivity contribution is 0.209. The van der Waals surface area contributed by atoms with E-state index in [0.29, 0.717) is 0 Å². The Morgan fingerprint density at radius 3 is 2.56 bits per heavy atom. The van der Waals surface area contributed by atoms with Crippen LogP contribution in [0.2, 0.25) is 10.0 Å². The summed E-state index contributed by atoms with van der Waals surface area (Å²) in [5.41, 5.74) is -0.211. The van der Waals surface area contributed by atoms with Crippen molar-refractivity contribution in [2.45, 2.75) is 6.10 Å². The van der Waals surface area contributed by atoms with E-state index in [4.69, 9.17) is 23.2 Å². The predicted molar refractivity (Wildman–Crippen MR) is 64.7 cm³/mol. The van der Waals surface area contributed by atoms with Gasteiger partial charge in [0.2, 0.25) is 0 Å². The van der Waals surface area contributed by atoms with E-state index >= 15 is 0 Å². The molecule has 0 radical (unpaired) electrons. The molecule has 0 fully saturated rings. The van der Waals surface area contributed by atoms with Crippen LogP contribution in [-0.4, -0.2) is 10.1 Å². The molecule has 18 heavy (non-hydrogen) atoms. The Morgan fingerprint density at radius 2 is 1.89 bits per heavy atom. The van der Waals surface area contributed by atoms with E-state index in [2.05, 4.69) is 4.98 Å². The lowest BCUT2D eigenvalue weighted by Crippen LogP contribution is -2.06. The highest BCUT2D eigenvalue weighted by atomic mass is 35.5. The third-order valence-electron chi connectivity index (χ3n) is 2.35. The van der Waals surface area contributed by atoms with Gasteiger partial charge in [0, 0.05) is 11.8 Å². The van der Waals surface area contributed by atoms with Gasteiger partial charge in [0.15, 0.2) is 0 Å². The number of halogens is 4. The number of hydrogen-bond acceptors (Lipinski definition) is 2. The van der Waals surface area contributed by atoms with Crippen LogP contribution in [0.3, 0.4) is 0 Å². The average Bonchev–Trinajstić information content (AvgIpc) is 2.31. The van der Waals surface area contributed by atoms with Gasteiger partial charge in [-0.2, -0.15) is 0 Å². The van der Waals surface area contributed by atoms with Crippen LogP contribution in [0.4, 0.5) is 8.78 Å². The first-order valence-electron chi connectivity index (χ1n) is 4.93. The Kier molecular flexibility index (Phi) is 3.80. The summed E-state index contributed by atoms with van der Waals surface area (Å²) in [7, 11) is 0. The summed E-state index contributed by atoms with van der Waals surface area (Å²) in [6.07, 6.45) is -0.186. The van der Waals surface area contributed by atoms with Crippen LogP contribution in [-0.2, 0) is 0 Å². The van der Waals surface area contributed by atoms with Crippen molar-refractivity contribution in [3.63, 3.8) is 0 Å². The van der Waals surface area contributed by atoms with Crippen molar-refractivity contribution in [3.8, 4) is 0 Å². The first-order chi connectivity index (χ1) is 8.49. The number of nitrogens with zero attached hydrogens (tertiary/aromatic N) is 1. The van der Waals surface area contributed by atoms with E-state index in [1.54, 1.807) is 0 Å². The summed E-state index contributed by atoms with van der Waals surface area (Å²) in [6.45, 7) is 0. The van der Waals surface area contributed by atoms with Crippen molar-refractivity contribution >= 4 is 23.2 Å². The highest BCUT2D eigenvalue weighted by molar-refractivity contribution is 6.34. The maximum absolute atomic E-state index is 13.5. The molecule has 1 atom stereocenters. The Bertz CT molecular complexity index is 592. The predicted octanol–water partition coefficient (Wildman–Crippen LogP) is 3.75. The van der Waals surface area contributed by atoms with E-state index in [0.717, 1.165) is 18.2 Å². The standard InChI is InChI=1S/C12H7Cl2F2NO/c13-6-3-9(14)11(17-5-6)12(18)8-4-7(15)1-2-10(8)16/h1-5,12,18H. The lowest BCUT2D eigenvalue weighted by Gasteiger charge is -2.13. The second kappa shape index (κ2) is 5.18. The molecule has 0 spiro atoms. The number of benzene rings is 1. The van der Waals surface area contributed by atoms with Gasteiger partial charge >= 0.3 is 0 Å². The van der Waals surface area contributed by atoms with Crippen molar-refractivity contribution in [1.29, 1.82) is 0 Å². The Labute approximate surface area is 112 Å². The van der Waals surface area contributed by atoms with E-state index in [9.17, 15) is 13.9 Å². The average molecular weight is 290 g/mol. The molecule has 6 heteroatoms. The first kappa shape index (κ1) is 13.2. The fraction of sp³-hybridized carbons (Fsp3) is 0.0833. The molecule has 0 amide bonds. The summed E-state index contributed by atoms with van der Waals surface area (Å²) < 4.78 is 26.5. The summed E-state index contributed by atoms with van der Waals surface area (Å²) in [5.74, 6) is -1.40. The quantitative estimate of drug-likeness (QED) is 0.913. The zero-order chi connectivity index (χ0) is 13.3. The maximum Gasteiger partial charge on any atom is 0.129 e. The summed E-state index contributed by atoms with van der Waals surface area (Å²) in [4.78, 5) is 3.82. The van der Waals surface area contributed by atoms with Gasteiger partial charge in [0.05, 0.1) is 15.7 Å². The van der Waals surface area contributed by atoms with Gasteiger partial charge in [-0.25, -0.2) is 8.78 Å². The highest BCUT2D eigenvalue weighted by Gasteiger charge is 2.20. The molecule has 1 unspecified atom stereocenters. The van der Waals surface area contributed by atoms with Gasteiger partial charge in [0.1, 0.15) is 17.7 Å². The van der Waals surface area contributed by atoms with Crippen molar-refractivity contribution < 1.29 is 13.9 Å². The number of aliphatic hydroxyl groups excluding tert-OH is 1. The normalized spacial score (nSPS) is 12.5. The van der Waals surface area contributed by atoms with E-state index < -0.39 is 17.7 Å². The molecule has 0 bridgehead atoms. The zero-order valence-electron chi connectivity index (χ0n) is 8.87. The molecular formula is C12H7Cl2F2NO. The molecule has 1 N–H and O–H groups in total. The van der Waals surface area contributed by atoms with Gasteiger partial charge in [-0.1, -0.05) is 23.2 Å². The van der Waals surface area contributed by atoms with Gasteiger partial charge < -0.3 is 5.11 Å². The summed E-state index contributed by atoms with van der Waals surface area (Å²) in [6, 6.07) is 4.15. The van der Waals surface area contributed by atoms with Gasteiger partial charge in [-0.05, 0) is 24.3 Å². The fourth-order valence-electron chi connectivity index (χ4n) is 1.50. The molecule has 1 aromatic carbocycles. The summed E-state index contributed by atoms with van der Waals surface area (Å²) >= 11 is 11.5. The Hall–Kier alpha value is -1.23. The number of aliphatic hydroxyl groups is 1. The van der Waals surface area contributed by atoms with Crippen LogP contribution in [0, 0.1) is 11.6 Å². The largest absolute Gasteiger partial charge is 0.382 e. The smallest absolute Gasteiger partial charge is 0.129 e. The zero-order valence-corrected chi connectivity index (χ0v) is 10.4. The van der Waals surface area contributed by atoms with E-state index in [1.807, 2.05) is 0 Å². The van der Waals surface area contributed by atoms with Gasteiger partial charge in [-0.15, -0.1) is 0 Å². The molecule has 1 aromatic heterocycles. The minimum atomic E-state index is -1.45. The number of hydrogen-bond donors (Lipinski definition) is 1. The molecule has 0 saturated carbocycles. The molecule has 0 saturated heterocycles. The second-order valence-corrected chi connectivity index (χ2v) is 4.43. The van der Waals surface area contributed by atoms with Crippen molar-refractivity contribution in [1.82, 2.24) is 4.98 Å². The third kappa shape index (κ3) is 2.61. The molecule has 0 aliphatic rings. The molecule has 1 heterocycles. The van der Waals surface area contributed by atoms with Gasteiger partial charge in [0.25, 0.3) is 0 Å². The highest BCUT2D eigenvalue weighted by Crippen LogP contribution is 2.29. The minimum Gasteiger partial charge on any atom is -0.382 e. The van der Waals surface area contributed by atoms with Crippen LogP contribution in [0.5, 0.6) is 0 Å². The Morgan fingerprint density at radius 1 is 1.17 bits per heavy atom. The molecular weight excluding hydrogens is 283 g/mol. The van der Waals surface area contributed by atoms with E-state index in [-0.39, 0.29) is 21.3 Å². The van der Waals surface area contributed by atoms with E-state index in [1.165, 1.54) is 12.3 Å². The fourth-order valence-corrected chi connectivity index (χ4v) is 1.98. The third-order valence-corrected chi connectivity index (χ3v) is 2.86. The van der Waals surface area contributed by atoms with Crippen LogP contribution in [0.25, 0.3) is 0 Å². The van der Waals surface area contributed by atoms with Crippen molar-refractivity contribution in [2.75, 3.05) is 0 Å². The number of rotatable bonds is 2. The monoisotopic (exact) mass is 289 g/mol. The van der Waals surface area contributed by atoms with Crippen LogP contribution < -0.4 is 0 Å². The van der Waals surface area contributed by atoms with Crippen LogP contribution >= 0.6 is 23.2 Å². The SMILES string of the molecule is OC(c1cc(F)ccc1F)c1ncc(Cl)cc1Cl.